The van der Waals surface area contributed by atoms with Crippen molar-refractivity contribution in [2.75, 3.05) is 0 Å². The Morgan fingerprint density at radius 1 is 1.31 bits per heavy atom. The second-order valence-corrected chi connectivity index (χ2v) is 2.56. The minimum Gasteiger partial charge on any atom is -0.873 e. The number of hydrogen-bond donors (Lipinski definition) is 0. The van der Waals surface area contributed by atoms with Gasteiger partial charge in [-0.15, -0.1) is 12.3 Å². The van der Waals surface area contributed by atoms with Crippen molar-refractivity contribution in [1.29, 1.82) is 0 Å². The summed E-state index contributed by atoms with van der Waals surface area (Å²) < 4.78 is 0. The van der Waals surface area contributed by atoms with Crippen LogP contribution in [0.5, 0.6) is 0 Å². The van der Waals surface area contributed by atoms with E-state index in [4.69, 9.17) is 0 Å². The Labute approximate surface area is 91.0 Å². The Morgan fingerprint density at radius 3 is 2.46 bits per heavy atom. The molecule has 13 heavy (non-hydrogen) atoms. The van der Waals surface area contributed by atoms with Crippen LogP contribution in [0.15, 0.2) is 54.8 Å². The fourth-order valence-corrected chi connectivity index (χ4v) is 0.941. The molecule has 2 heteroatoms. The number of hydrogen-bond acceptors (Lipinski definition) is 1. The van der Waals surface area contributed by atoms with Crippen LogP contribution in [0.25, 0.3) is 0 Å². The maximum Gasteiger partial charge on any atom is 1.00 e. The summed E-state index contributed by atoms with van der Waals surface area (Å²) in [5.41, 5.74) is 1.20. The molecular weight excluding hydrogens is 155 g/mol. The van der Waals surface area contributed by atoms with E-state index in [0.29, 0.717) is 0 Å². The Kier molecular flexibility index (Phi) is 6.14. The van der Waals surface area contributed by atoms with Gasteiger partial charge in [-0.25, -0.2) is 0 Å². The van der Waals surface area contributed by atoms with E-state index in [9.17, 15) is 5.11 Å². The molecule has 1 aromatic rings. The second-order valence-electron chi connectivity index (χ2n) is 2.56. The predicted molar refractivity (Wildman–Crippen MR) is 48.4 cm³/mol. The van der Waals surface area contributed by atoms with Crippen LogP contribution in [-0.2, 0) is 6.42 Å². The van der Waals surface area contributed by atoms with Crippen LogP contribution in [0, 0.1) is 0 Å². The largest absolute Gasteiger partial charge is 1.00 e. The van der Waals surface area contributed by atoms with E-state index < -0.39 is 0 Å². The van der Waals surface area contributed by atoms with Gasteiger partial charge in [0.05, 0.1) is 0 Å². The molecule has 1 aromatic carbocycles. The molecule has 0 bridgehead atoms. The van der Waals surface area contributed by atoms with Crippen LogP contribution in [-0.4, -0.2) is 0 Å². The van der Waals surface area contributed by atoms with Gasteiger partial charge in [0.2, 0.25) is 0 Å². The van der Waals surface area contributed by atoms with Gasteiger partial charge in [-0.2, -0.15) is 0 Å². The van der Waals surface area contributed by atoms with Gasteiger partial charge >= 0.3 is 18.9 Å². The molecule has 0 fully saturated rings. The average molecular weight is 166 g/mol. The van der Waals surface area contributed by atoms with E-state index >= 15 is 0 Å². The van der Waals surface area contributed by atoms with Gasteiger partial charge in [-0.05, 0) is 12.0 Å². The fourth-order valence-electron chi connectivity index (χ4n) is 0.941. The first-order chi connectivity index (χ1) is 5.79. The third-order valence-corrected chi connectivity index (χ3v) is 1.50. The van der Waals surface area contributed by atoms with Gasteiger partial charge in [0.15, 0.2) is 0 Å². The first kappa shape index (κ1) is 12.1. The molecule has 0 aliphatic rings. The molecule has 0 radical (unpaired) electrons. The van der Waals surface area contributed by atoms with Gasteiger partial charge in [-0.1, -0.05) is 42.5 Å². The van der Waals surface area contributed by atoms with Crippen molar-refractivity contribution in [3.05, 3.63) is 60.4 Å². The summed E-state index contributed by atoms with van der Waals surface area (Å²) in [6, 6.07) is 9.99. The molecule has 0 spiro atoms. The van der Waals surface area contributed by atoms with Gasteiger partial charge in [-0.3, -0.25) is 0 Å². The Hall–Kier alpha value is -0.903. The molecule has 0 saturated heterocycles. The minimum atomic E-state index is -0.147. The molecule has 0 unspecified atom stereocenters. The summed E-state index contributed by atoms with van der Waals surface area (Å²) in [6.07, 6.45) is 4.11. The van der Waals surface area contributed by atoms with Crippen molar-refractivity contribution in [2.24, 2.45) is 0 Å². The van der Waals surface area contributed by atoms with Crippen molar-refractivity contribution in [3.63, 3.8) is 0 Å². The van der Waals surface area contributed by atoms with Crippen molar-refractivity contribution < 1.29 is 24.0 Å². The van der Waals surface area contributed by atoms with E-state index in [1.54, 1.807) is 0 Å². The van der Waals surface area contributed by atoms with E-state index in [1.165, 1.54) is 11.6 Å². The first-order valence-electron chi connectivity index (χ1n) is 3.85. The van der Waals surface area contributed by atoms with Crippen LogP contribution in [0.3, 0.4) is 0 Å². The van der Waals surface area contributed by atoms with Crippen molar-refractivity contribution in [2.45, 2.75) is 6.42 Å². The maximum atomic E-state index is 10.4. The molecule has 0 aliphatic carbocycles. The monoisotopic (exact) mass is 166 g/mol. The first-order valence-corrected chi connectivity index (χ1v) is 3.85. The summed E-state index contributed by atoms with van der Waals surface area (Å²) in [4.78, 5) is 0. The topological polar surface area (TPSA) is 23.1 Å². The molecule has 0 atom stereocenters. The Morgan fingerprint density at radius 2 is 1.92 bits per heavy atom. The third-order valence-electron chi connectivity index (χ3n) is 1.50. The molecule has 0 aliphatic heterocycles. The summed E-state index contributed by atoms with van der Waals surface area (Å²) in [6.45, 7) is 3.24. The van der Waals surface area contributed by atoms with Crippen molar-refractivity contribution in [1.82, 2.24) is 0 Å². The molecule has 62 valence electrons. The van der Waals surface area contributed by atoms with Gasteiger partial charge in [0.1, 0.15) is 0 Å². The second kappa shape index (κ2) is 6.60. The zero-order valence-corrected chi connectivity index (χ0v) is 7.86. The summed E-state index contributed by atoms with van der Waals surface area (Å²) in [5, 5.41) is 10.4. The van der Waals surface area contributed by atoms with E-state index in [2.05, 4.69) is 6.58 Å². The van der Waals surface area contributed by atoms with Gasteiger partial charge in [0.25, 0.3) is 0 Å². The van der Waals surface area contributed by atoms with Crippen molar-refractivity contribution >= 4 is 0 Å². The van der Waals surface area contributed by atoms with Crippen LogP contribution in [0.1, 0.15) is 5.56 Å². The van der Waals surface area contributed by atoms with E-state index in [0.717, 1.165) is 6.42 Å². The number of benzene rings is 1. The third kappa shape index (κ3) is 5.35. The summed E-state index contributed by atoms with van der Waals surface area (Å²) in [7, 11) is 0. The maximum absolute atomic E-state index is 10.4. The Balaban J connectivity index is 0.00000144. The molecule has 0 heterocycles. The quantitative estimate of drug-likeness (QED) is 0.310. The van der Waals surface area contributed by atoms with Crippen LogP contribution < -0.4 is 24.0 Å². The van der Waals surface area contributed by atoms with Gasteiger partial charge < -0.3 is 5.11 Å². The summed E-state index contributed by atoms with van der Waals surface area (Å²) >= 11 is 0. The normalized spacial score (nSPS) is 9.54. The van der Waals surface area contributed by atoms with Crippen molar-refractivity contribution in [3.8, 4) is 0 Å². The molecule has 1 rings (SSSR count). The molecule has 0 amide bonds. The zero-order valence-electron chi connectivity index (χ0n) is 7.86. The standard InChI is InChI=1S/C11H12O.Li/c1-10(12)6-5-9-11-7-3-2-4-8-11;/h2-8,12H,1,9H2;/q;+1/p-1/b6-5+;. The van der Waals surface area contributed by atoms with Gasteiger partial charge in [0, 0.05) is 0 Å². The molecular formula is C11H11LiO. The SMILES string of the molecule is C=C([O-])/C=C/Cc1ccccc1.[Li+]. The number of rotatable bonds is 3. The summed E-state index contributed by atoms with van der Waals surface area (Å²) in [5.74, 6) is -0.147. The zero-order chi connectivity index (χ0) is 8.81. The molecule has 0 N–H and O–H groups in total. The van der Waals surface area contributed by atoms with Crippen LogP contribution in [0.2, 0.25) is 0 Å². The Bertz CT molecular complexity index is 277. The molecule has 0 aromatic heterocycles. The number of allylic oxidation sites excluding steroid dienone is 2. The fraction of sp³-hybridized carbons (Fsp3) is 0.0909. The van der Waals surface area contributed by atoms with E-state index in [-0.39, 0.29) is 24.6 Å². The average Bonchev–Trinajstić information content (AvgIpc) is 2.05. The molecule has 0 saturated carbocycles. The van der Waals surface area contributed by atoms with Crippen LogP contribution >= 0.6 is 0 Å². The predicted octanol–water partition coefficient (Wildman–Crippen LogP) is -1.34. The molecule has 1 nitrogen and oxygen atoms in total. The van der Waals surface area contributed by atoms with Crippen LogP contribution in [0.4, 0.5) is 0 Å². The minimum absolute atomic E-state index is 0. The smallest absolute Gasteiger partial charge is 0.873 e. The van der Waals surface area contributed by atoms with E-state index in [1.807, 2.05) is 36.4 Å².